The summed E-state index contributed by atoms with van der Waals surface area (Å²) in [6.07, 6.45) is -0.170. The smallest absolute Gasteiger partial charge is 0.339 e. The zero-order valence-electron chi connectivity index (χ0n) is 11.3. The third-order valence-corrected chi connectivity index (χ3v) is 3.32. The van der Waals surface area contributed by atoms with Gasteiger partial charge in [-0.05, 0) is 30.4 Å². The van der Waals surface area contributed by atoms with Gasteiger partial charge in [0, 0.05) is 5.39 Å². The Morgan fingerprint density at radius 3 is 2.32 bits per heavy atom. The molecule has 0 fully saturated rings. The van der Waals surface area contributed by atoms with E-state index in [4.69, 9.17) is 4.74 Å². The zero-order valence-corrected chi connectivity index (χ0v) is 11.3. The van der Waals surface area contributed by atoms with Crippen molar-refractivity contribution in [1.82, 2.24) is 0 Å². The molecular weight excluding hydrogens is 243 g/mol. The minimum atomic E-state index is -0.405. The van der Waals surface area contributed by atoms with Crippen LogP contribution in [0.1, 0.15) is 31.1 Å². The van der Waals surface area contributed by atoms with E-state index in [-0.39, 0.29) is 17.8 Å². The Hall–Kier alpha value is -1.90. The average Bonchev–Trinajstić information content (AvgIpc) is 2.39. The quantitative estimate of drug-likeness (QED) is 0.774. The van der Waals surface area contributed by atoms with E-state index in [1.54, 1.807) is 24.3 Å². The maximum absolute atomic E-state index is 13.7. The number of fused-ring (bicyclic) bond motifs is 1. The van der Waals surface area contributed by atoms with Gasteiger partial charge < -0.3 is 4.74 Å². The van der Waals surface area contributed by atoms with Crippen molar-refractivity contribution in [1.29, 1.82) is 0 Å². The standard InChI is InChI=1S/C16H17FO2/c1-10(2)11(3)19-16(18)14-8-9-15(17)13-7-5-4-6-12(13)14/h4-11H,1-3H3. The molecule has 100 valence electrons. The van der Waals surface area contributed by atoms with E-state index >= 15 is 0 Å². The van der Waals surface area contributed by atoms with Crippen molar-refractivity contribution in [2.75, 3.05) is 0 Å². The van der Waals surface area contributed by atoms with Gasteiger partial charge in [0.15, 0.2) is 0 Å². The Bertz CT molecular complexity index is 605. The van der Waals surface area contributed by atoms with Crippen LogP contribution in [0, 0.1) is 11.7 Å². The SMILES string of the molecule is CC(C)C(C)OC(=O)c1ccc(F)c2ccccc12. The molecule has 0 aliphatic rings. The minimum absolute atomic E-state index is 0.170. The number of rotatable bonds is 3. The van der Waals surface area contributed by atoms with Gasteiger partial charge in [-0.3, -0.25) is 0 Å². The molecule has 0 heterocycles. The molecule has 2 nitrogen and oxygen atoms in total. The highest BCUT2D eigenvalue weighted by Crippen LogP contribution is 2.23. The third kappa shape index (κ3) is 2.75. The monoisotopic (exact) mass is 260 g/mol. The predicted octanol–water partition coefficient (Wildman–Crippen LogP) is 4.18. The summed E-state index contributed by atoms with van der Waals surface area (Å²) in [6.45, 7) is 5.83. The lowest BCUT2D eigenvalue weighted by atomic mass is 10.0. The topological polar surface area (TPSA) is 26.3 Å². The van der Waals surface area contributed by atoms with Gasteiger partial charge in [-0.25, -0.2) is 9.18 Å². The van der Waals surface area contributed by atoms with Gasteiger partial charge in [-0.1, -0.05) is 38.1 Å². The second kappa shape index (κ2) is 5.39. The summed E-state index contributed by atoms with van der Waals surface area (Å²) in [4.78, 5) is 12.1. The van der Waals surface area contributed by atoms with Crippen LogP contribution < -0.4 is 0 Å². The van der Waals surface area contributed by atoms with Gasteiger partial charge in [0.1, 0.15) is 11.9 Å². The number of hydrogen-bond acceptors (Lipinski definition) is 2. The first kappa shape index (κ1) is 13.5. The molecule has 2 rings (SSSR count). The van der Waals surface area contributed by atoms with Gasteiger partial charge in [-0.15, -0.1) is 0 Å². The van der Waals surface area contributed by atoms with Crippen molar-refractivity contribution in [2.45, 2.75) is 26.9 Å². The van der Waals surface area contributed by atoms with E-state index in [1.165, 1.54) is 12.1 Å². The summed E-state index contributed by atoms with van der Waals surface area (Å²) in [5.41, 5.74) is 0.407. The number of carbonyl (C=O) groups is 1. The number of hydrogen-bond donors (Lipinski definition) is 0. The summed E-state index contributed by atoms with van der Waals surface area (Å²) in [7, 11) is 0. The number of ether oxygens (including phenoxy) is 1. The second-order valence-electron chi connectivity index (χ2n) is 4.99. The lowest BCUT2D eigenvalue weighted by Crippen LogP contribution is -2.20. The van der Waals surface area contributed by atoms with Crippen LogP contribution in [0.25, 0.3) is 10.8 Å². The molecule has 0 aromatic heterocycles. The molecule has 0 bridgehead atoms. The number of esters is 1. The van der Waals surface area contributed by atoms with E-state index in [0.29, 0.717) is 16.3 Å². The van der Waals surface area contributed by atoms with Crippen LogP contribution in [-0.4, -0.2) is 12.1 Å². The summed E-state index contributed by atoms with van der Waals surface area (Å²) in [5, 5.41) is 1.03. The lowest BCUT2D eigenvalue weighted by Gasteiger charge is -2.17. The van der Waals surface area contributed by atoms with Crippen LogP contribution in [0.5, 0.6) is 0 Å². The molecule has 0 saturated carbocycles. The normalized spacial score (nSPS) is 12.7. The van der Waals surface area contributed by atoms with Gasteiger partial charge in [0.2, 0.25) is 0 Å². The Kier molecular flexibility index (Phi) is 3.84. The van der Waals surface area contributed by atoms with Crippen molar-refractivity contribution in [2.24, 2.45) is 5.92 Å². The highest BCUT2D eigenvalue weighted by Gasteiger charge is 2.17. The summed E-state index contributed by atoms with van der Waals surface area (Å²) < 4.78 is 19.1. The van der Waals surface area contributed by atoms with Crippen molar-refractivity contribution in [3.05, 3.63) is 47.8 Å². The van der Waals surface area contributed by atoms with E-state index < -0.39 is 5.97 Å². The van der Waals surface area contributed by atoms with Crippen LogP contribution in [0.2, 0.25) is 0 Å². The number of halogens is 1. The molecule has 0 amide bonds. The van der Waals surface area contributed by atoms with E-state index in [0.717, 1.165) is 0 Å². The fourth-order valence-electron chi connectivity index (χ4n) is 1.81. The highest BCUT2D eigenvalue weighted by molar-refractivity contribution is 6.04. The molecule has 0 aliphatic heterocycles. The van der Waals surface area contributed by atoms with E-state index in [9.17, 15) is 9.18 Å². The summed E-state index contributed by atoms with van der Waals surface area (Å²) in [6, 6.07) is 9.70. The molecule has 19 heavy (non-hydrogen) atoms. The fraction of sp³-hybridized carbons (Fsp3) is 0.312. The van der Waals surface area contributed by atoms with Gasteiger partial charge >= 0.3 is 5.97 Å². The molecule has 2 aromatic carbocycles. The van der Waals surface area contributed by atoms with Crippen LogP contribution in [-0.2, 0) is 4.74 Å². The predicted molar refractivity (Wildman–Crippen MR) is 73.6 cm³/mol. The fourth-order valence-corrected chi connectivity index (χ4v) is 1.81. The first-order valence-corrected chi connectivity index (χ1v) is 6.39. The Balaban J connectivity index is 2.40. The molecule has 0 aliphatic carbocycles. The third-order valence-electron chi connectivity index (χ3n) is 3.32. The Labute approximate surface area is 112 Å². The first-order valence-electron chi connectivity index (χ1n) is 6.39. The Morgan fingerprint density at radius 1 is 1.05 bits per heavy atom. The molecule has 1 unspecified atom stereocenters. The van der Waals surface area contributed by atoms with Crippen molar-refractivity contribution >= 4 is 16.7 Å². The van der Waals surface area contributed by atoms with Crippen LogP contribution in [0.15, 0.2) is 36.4 Å². The van der Waals surface area contributed by atoms with Crippen LogP contribution in [0.4, 0.5) is 4.39 Å². The van der Waals surface area contributed by atoms with E-state index in [2.05, 4.69) is 0 Å². The highest BCUT2D eigenvalue weighted by atomic mass is 19.1. The molecule has 0 spiro atoms. The Morgan fingerprint density at radius 2 is 1.68 bits per heavy atom. The largest absolute Gasteiger partial charge is 0.459 e. The second-order valence-corrected chi connectivity index (χ2v) is 4.99. The molecule has 0 saturated heterocycles. The minimum Gasteiger partial charge on any atom is -0.459 e. The van der Waals surface area contributed by atoms with Crippen molar-refractivity contribution in [3.63, 3.8) is 0 Å². The molecule has 2 aromatic rings. The molecule has 1 atom stereocenters. The van der Waals surface area contributed by atoms with Gasteiger partial charge in [0.25, 0.3) is 0 Å². The van der Waals surface area contributed by atoms with Crippen LogP contribution >= 0.6 is 0 Å². The summed E-state index contributed by atoms with van der Waals surface area (Å²) in [5.74, 6) is -0.489. The summed E-state index contributed by atoms with van der Waals surface area (Å²) >= 11 is 0. The first-order chi connectivity index (χ1) is 9.00. The maximum Gasteiger partial charge on any atom is 0.339 e. The van der Waals surface area contributed by atoms with Gasteiger partial charge in [0.05, 0.1) is 5.56 Å². The zero-order chi connectivity index (χ0) is 14.0. The van der Waals surface area contributed by atoms with Crippen molar-refractivity contribution in [3.8, 4) is 0 Å². The average molecular weight is 260 g/mol. The van der Waals surface area contributed by atoms with Crippen molar-refractivity contribution < 1.29 is 13.9 Å². The van der Waals surface area contributed by atoms with E-state index in [1.807, 2.05) is 20.8 Å². The number of carbonyl (C=O) groups excluding carboxylic acids is 1. The molecule has 3 heteroatoms. The molecule has 0 N–H and O–H groups in total. The lowest BCUT2D eigenvalue weighted by molar-refractivity contribution is 0.0240. The molecule has 0 radical (unpaired) electrons. The maximum atomic E-state index is 13.7. The molecular formula is C16H17FO2. The van der Waals surface area contributed by atoms with Crippen LogP contribution in [0.3, 0.4) is 0 Å². The number of benzene rings is 2. The van der Waals surface area contributed by atoms with Gasteiger partial charge in [-0.2, -0.15) is 0 Å².